The van der Waals surface area contributed by atoms with Gasteiger partial charge in [-0.15, -0.1) is 5.10 Å². The molecule has 27 heavy (non-hydrogen) atoms. The lowest BCUT2D eigenvalue weighted by Gasteiger charge is -2.36. The fourth-order valence-corrected chi connectivity index (χ4v) is 4.06. The Morgan fingerprint density at radius 2 is 1.78 bits per heavy atom. The molecule has 0 saturated carbocycles. The van der Waals surface area contributed by atoms with Crippen LogP contribution in [0.1, 0.15) is 17.7 Å². The minimum Gasteiger partial charge on any atom is -0.368 e. The molecule has 1 aromatic carbocycles. The fourth-order valence-electron chi connectivity index (χ4n) is 4.06. The van der Waals surface area contributed by atoms with E-state index >= 15 is 0 Å². The predicted octanol–water partition coefficient (Wildman–Crippen LogP) is 1.54. The lowest BCUT2D eigenvalue weighted by Crippen LogP contribution is -2.47. The second kappa shape index (κ2) is 6.33. The van der Waals surface area contributed by atoms with Gasteiger partial charge in [0.1, 0.15) is 0 Å². The normalized spacial score (nSPS) is 16.8. The molecule has 1 aliphatic carbocycles. The number of nitrogens with zero attached hydrogens (tertiary/aromatic N) is 6. The average Bonchev–Trinajstić information content (AvgIpc) is 3.18. The molecule has 3 aromatic rings. The summed E-state index contributed by atoms with van der Waals surface area (Å²) in [4.78, 5) is 21.2. The molecule has 1 saturated heterocycles. The number of piperazine rings is 1. The molecule has 0 radical (unpaired) electrons. The Labute approximate surface area is 157 Å². The summed E-state index contributed by atoms with van der Waals surface area (Å²) in [5.74, 6) is 0.999. The second-order valence-corrected chi connectivity index (χ2v) is 7.36. The van der Waals surface area contributed by atoms with Gasteiger partial charge in [-0.05, 0) is 49.1 Å². The first-order chi connectivity index (χ1) is 13.2. The van der Waals surface area contributed by atoms with Crippen LogP contribution >= 0.6 is 0 Å². The smallest absolute Gasteiger partial charge is 0.260 e. The van der Waals surface area contributed by atoms with Crippen molar-refractivity contribution in [1.82, 2.24) is 19.7 Å². The van der Waals surface area contributed by atoms with Crippen LogP contribution in [0.25, 0.3) is 10.9 Å². The number of hydrogen-bond acceptors (Lipinski definition) is 6. The quantitative estimate of drug-likeness (QED) is 0.689. The average molecular weight is 362 g/mol. The number of benzene rings is 1. The zero-order valence-corrected chi connectivity index (χ0v) is 15.4. The van der Waals surface area contributed by atoms with Gasteiger partial charge in [-0.25, -0.2) is 4.98 Å². The van der Waals surface area contributed by atoms with Crippen molar-refractivity contribution < 1.29 is 0 Å². The van der Waals surface area contributed by atoms with Crippen LogP contribution in [0.4, 0.5) is 11.5 Å². The van der Waals surface area contributed by atoms with Crippen LogP contribution < -0.4 is 15.4 Å². The molecule has 7 heteroatoms. The molecular formula is C20H22N6O. The number of fused-ring (bicyclic) bond motifs is 2. The van der Waals surface area contributed by atoms with Gasteiger partial charge in [0.15, 0.2) is 5.82 Å². The molecule has 5 rings (SSSR count). The lowest BCUT2D eigenvalue weighted by molar-refractivity contribution is 0.642. The number of aryl methyl sites for hydroxylation is 3. The Hall–Kier alpha value is -2.96. The minimum absolute atomic E-state index is 0.00782. The minimum atomic E-state index is -0.00782. The van der Waals surface area contributed by atoms with Crippen LogP contribution in [-0.4, -0.2) is 45.9 Å². The predicted molar refractivity (Wildman–Crippen MR) is 105 cm³/mol. The van der Waals surface area contributed by atoms with Crippen molar-refractivity contribution in [2.24, 2.45) is 7.05 Å². The van der Waals surface area contributed by atoms with Crippen molar-refractivity contribution in [3.05, 3.63) is 52.2 Å². The molecule has 1 aliphatic heterocycles. The van der Waals surface area contributed by atoms with Crippen LogP contribution in [-0.2, 0) is 19.9 Å². The maximum absolute atomic E-state index is 12.2. The summed E-state index contributed by atoms with van der Waals surface area (Å²) < 4.78 is 1.51. The summed E-state index contributed by atoms with van der Waals surface area (Å²) in [7, 11) is 1.73. The summed E-state index contributed by atoms with van der Waals surface area (Å²) >= 11 is 0. The molecule has 3 heterocycles. The Morgan fingerprint density at radius 3 is 2.63 bits per heavy atom. The first-order valence-electron chi connectivity index (χ1n) is 9.50. The highest BCUT2D eigenvalue weighted by Crippen LogP contribution is 2.25. The van der Waals surface area contributed by atoms with Crippen molar-refractivity contribution in [1.29, 1.82) is 0 Å². The van der Waals surface area contributed by atoms with Crippen LogP contribution in [0.5, 0.6) is 0 Å². The van der Waals surface area contributed by atoms with E-state index < -0.39 is 0 Å². The van der Waals surface area contributed by atoms with Crippen LogP contribution in [0.2, 0.25) is 0 Å². The standard InChI is InChI=1S/C20H22N6O/c1-24-13-21-18-12-15(5-6-16(18)20(24)27)25-7-9-26(10-8-25)19-11-14-3-2-4-17(14)22-23-19/h5-6,11-13H,2-4,7-10H2,1H3. The third-order valence-electron chi connectivity index (χ3n) is 5.68. The molecule has 1 fully saturated rings. The third kappa shape index (κ3) is 2.83. The molecule has 7 nitrogen and oxygen atoms in total. The van der Waals surface area contributed by atoms with E-state index in [4.69, 9.17) is 0 Å². The van der Waals surface area contributed by atoms with E-state index in [2.05, 4.69) is 31.0 Å². The van der Waals surface area contributed by atoms with Crippen molar-refractivity contribution >= 4 is 22.4 Å². The first-order valence-corrected chi connectivity index (χ1v) is 9.50. The topological polar surface area (TPSA) is 67.2 Å². The van der Waals surface area contributed by atoms with E-state index in [9.17, 15) is 4.79 Å². The lowest BCUT2D eigenvalue weighted by atomic mass is 10.2. The fraction of sp³-hybridized carbons (Fsp3) is 0.400. The third-order valence-corrected chi connectivity index (χ3v) is 5.68. The summed E-state index contributed by atoms with van der Waals surface area (Å²) in [5.41, 5.74) is 4.40. The van der Waals surface area contributed by atoms with Crippen LogP contribution in [0.15, 0.2) is 35.4 Å². The highest BCUT2D eigenvalue weighted by Gasteiger charge is 2.21. The maximum atomic E-state index is 12.2. The molecule has 0 amide bonds. The van der Waals surface area contributed by atoms with Crippen molar-refractivity contribution in [2.45, 2.75) is 19.3 Å². The van der Waals surface area contributed by atoms with E-state index in [0.29, 0.717) is 5.39 Å². The van der Waals surface area contributed by atoms with Crippen molar-refractivity contribution in [3.8, 4) is 0 Å². The highest BCUT2D eigenvalue weighted by atomic mass is 16.1. The van der Waals surface area contributed by atoms with Gasteiger partial charge < -0.3 is 14.4 Å². The number of aromatic nitrogens is 4. The van der Waals surface area contributed by atoms with Gasteiger partial charge in [0, 0.05) is 38.9 Å². The van der Waals surface area contributed by atoms with Gasteiger partial charge in [-0.1, -0.05) is 0 Å². The van der Waals surface area contributed by atoms with Gasteiger partial charge in [-0.2, -0.15) is 5.10 Å². The van der Waals surface area contributed by atoms with E-state index in [1.54, 1.807) is 13.4 Å². The monoisotopic (exact) mass is 362 g/mol. The van der Waals surface area contributed by atoms with E-state index in [-0.39, 0.29) is 5.56 Å². The largest absolute Gasteiger partial charge is 0.368 e. The van der Waals surface area contributed by atoms with Crippen LogP contribution in [0.3, 0.4) is 0 Å². The molecule has 0 N–H and O–H groups in total. The molecule has 0 unspecified atom stereocenters. The Morgan fingerprint density at radius 1 is 0.963 bits per heavy atom. The number of hydrogen-bond donors (Lipinski definition) is 0. The zero-order valence-electron chi connectivity index (χ0n) is 15.4. The summed E-state index contributed by atoms with van der Waals surface area (Å²) in [6.07, 6.45) is 4.97. The second-order valence-electron chi connectivity index (χ2n) is 7.36. The van der Waals surface area contributed by atoms with E-state index in [1.165, 1.54) is 22.2 Å². The molecule has 138 valence electrons. The molecular weight excluding hydrogens is 340 g/mol. The van der Waals surface area contributed by atoms with E-state index in [1.807, 2.05) is 18.2 Å². The maximum Gasteiger partial charge on any atom is 0.260 e. The van der Waals surface area contributed by atoms with Gasteiger partial charge in [-0.3, -0.25) is 4.79 Å². The van der Waals surface area contributed by atoms with Crippen LogP contribution in [0, 0.1) is 0 Å². The molecule has 0 bridgehead atoms. The summed E-state index contributed by atoms with van der Waals surface area (Å²) in [6, 6.07) is 8.15. The van der Waals surface area contributed by atoms with Gasteiger partial charge in [0.25, 0.3) is 5.56 Å². The number of rotatable bonds is 2. The number of anilines is 2. The molecule has 2 aliphatic rings. The van der Waals surface area contributed by atoms with Crippen molar-refractivity contribution in [3.63, 3.8) is 0 Å². The molecule has 2 aromatic heterocycles. The molecule has 0 spiro atoms. The summed E-state index contributed by atoms with van der Waals surface area (Å²) in [5, 5.41) is 9.52. The van der Waals surface area contributed by atoms with Gasteiger partial charge >= 0.3 is 0 Å². The first kappa shape index (κ1) is 16.2. The van der Waals surface area contributed by atoms with Crippen molar-refractivity contribution in [2.75, 3.05) is 36.0 Å². The van der Waals surface area contributed by atoms with Gasteiger partial charge in [0.05, 0.1) is 22.9 Å². The SMILES string of the molecule is Cn1cnc2cc(N3CCN(c4cc5c(nn4)CCC5)CC3)ccc2c1=O. The Kier molecular flexibility index (Phi) is 3.81. The van der Waals surface area contributed by atoms with E-state index in [0.717, 1.165) is 56.0 Å². The highest BCUT2D eigenvalue weighted by molar-refractivity contribution is 5.81. The zero-order chi connectivity index (χ0) is 18.4. The Bertz CT molecular complexity index is 1070. The Balaban J connectivity index is 1.34. The summed E-state index contributed by atoms with van der Waals surface area (Å²) in [6.45, 7) is 3.65. The van der Waals surface area contributed by atoms with Gasteiger partial charge in [0.2, 0.25) is 0 Å². The molecule has 0 atom stereocenters.